The smallest absolute Gasteiger partial charge is 0.0414 e. The van der Waals surface area contributed by atoms with E-state index in [1.54, 1.807) is 0 Å². The number of unbranched alkanes of at least 4 members (excludes halogenated alkanes) is 3. The lowest BCUT2D eigenvalue weighted by Crippen LogP contribution is -2.11. The van der Waals surface area contributed by atoms with Crippen LogP contribution in [0.4, 0.5) is 0 Å². The lowest BCUT2D eigenvalue weighted by Gasteiger charge is -2.23. The highest BCUT2D eigenvalue weighted by molar-refractivity contribution is 4.66. The molecule has 0 heteroatoms. The van der Waals surface area contributed by atoms with Gasteiger partial charge in [-0.1, -0.05) is 105 Å². The van der Waals surface area contributed by atoms with Gasteiger partial charge in [0.15, 0.2) is 0 Å². The van der Waals surface area contributed by atoms with Gasteiger partial charge in [0.1, 0.15) is 0 Å². The van der Waals surface area contributed by atoms with E-state index >= 15 is 0 Å². The summed E-state index contributed by atoms with van der Waals surface area (Å²) < 4.78 is 0. The van der Waals surface area contributed by atoms with Crippen LogP contribution < -0.4 is 0 Å². The summed E-state index contributed by atoms with van der Waals surface area (Å²) in [5.74, 6) is 2.87. The zero-order chi connectivity index (χ0) is 14.5. The summed E-state index contributed by atoms with van der Waals surface area (Å²) in [6, 6.07) is 0. The van der Waals surface area contributed by atoms with Crippen molar-refractivity contribution in [3.05, 3.63) is 0 Å². The molecule has 0 amide bonds. The van der Waals surface area contributed by atoms with Crippen LogP contribution in [-0.4, -0.2) is 0 Å². The summed E-state index contributed by atoms with van der Waals surface area (Å²) in [6.45, 7) is 11.9. The Hall–Kier alpha value is 0. The lowest BCUT2D eigenvalue weighted by molar-refractivity contribution is 0.290. The van der Waals surface area contributed by atoms with Crippen molar-refractivity contribution < 1.29 is 0 Å². The van der Waals surface area contributed by atoms with Gasteiger partial charge in [0.25, 0.3) is 0 Å². The van der Waals surface area contributed by atoms with E-state index in [2.05, 4.69) is 34.6 Å². The van der Waals surface area contributed by atoms with Crippen molar-refractivity contribution in [2.75, 3.05) is 0 Å². The molecule has 0 radical (unpaired) electrons. The van der Waals surface area contributed by atoms with Crippen LogP contribution in [0.3, 0.4) is 0 Å². The molecule has 19 heavy (non-hydrogen) atoms. The van der Waals surface area contributed by atoms with Gasteiger partial charge in [0.2, 0.25) is 0 Å². The monoisotopic (exact) mass is 268 g/mol. The number of hydrogen-bond donors (Lipinski definition) is 0. The average Bonchev–Trinajstić information content (AvgIpc) is 2.41. The fraction of sp³-hybridized carbons (Fsp3) is 1.00. The Morgan fingerprint density at radius 2 is 1.16 bits per heavy atom. The Morgan fingerprint density at radius 3 is 1.74 bits per heavy atom. The van der Waals surface area contributed by atoms with Gasteiger partial charge in [-0.3, -0.25) is 0 Å². The molecular formula is C19H40. The predicted molar refractivity (Wildman–Crippen MR) is 89.6 cm³/mol. The average molecular weight is 269 g/mol. The summed E-state index contributed by atoms with van der Waals surface area (Å²) in [5.41, 5.74) is 0. The van der Waals surface area contributed by atoms with Gasteiger partial charge >= 0.3 is 0 Å². The van der Waals surface area contributed by atoms with Crippen LogP contribution >= 0.6 is 0 Å². The van der Waals surface area contributed by atoms with Crippen LogP contribution in [0.5, 0.6) is 0 Å². The van der Waals surface area contributed by atoms with E-state index in [0.717, 1.165) is 17.8 Å². The summed E-state index contributed by atoms with van der Waals surface area (Å²) in [7, 11) is 0. The van der Waals surface area contributed by atoms with Gasteiger partial charge in [-0.05, 0) is 17.8 Å². The molecule has 0 N–H and O–H groups in total. The van der Waals surface area contributed by atoms with Crippen LogP contribution in [0.25, 0.3) is 0 Å². The van der Waals surface area contributed by atoms with E-state index in [1.165, 1.54) is 70.6 Å². The highest BCUT2D eigenvalue weighted by Crippen LogP contribution is 2.27. The molecule has 0 saturated heterocycles. The fourth-order valence-electron chi connectivity index (χ4n) is 3.12. The molecule has 0 saturated carbocycles. The molecule has 0 aliphatic carbocycles. The Morgan fingerprint density at radius 1 is 0.526 bits per heavy atom. The van der Waals surface area contributed by atoms with Gasteiger partial charge in [0.05, 0.1) is 0 Å². The van der Waals surface area contributed by atoms with Gasteiger partial charge in [-0.15, -0.1) is 0 Å². The van der Waals surface area contributed by atoms with Crippen LogP contribution in [0.15, 0.2) is 0 Å². The minimum absolute atomic E-state index is 0.928. The number of rotatable bonds is 13. The molecule has 0 heterocycles. The predicted octanol–water partition coefficient (Wildman–Crippen LogP) is 7.23. The van der Waals surface area contributed by atoms with Gasteiger partial charge < -0.3 is 0 Å². The maximum absolute atomic E-state index is 2.48. The Kier molecular flexibility index (Phi) is 13.0. The summed E-state index contributed by atoms with van der Waals surface area (Å²) in [5, 5.41) is 0. The molecule has 0 aromatic rings. The third-order valence-corrected chi connectivity index (χ3v) is 4.93. The lowest BCUT2D eigenvalue weighted by atomic mass is 9.83. The molecule has 0 nitrogen and oxygen atoms in total. The molecule has 116 valence electrons. The van der Waals surface area contributed by atoms with E-state index < -0.39 is 0 Å². The summed E-state index contributed by atoms with van der Waals surface area (Å²) >= 11 is 0. The molecule has 0 fully saturated rings. The second-order valence-electron chi connectivity index (χ2n) is 6.82. The molecule has 0 aliphatic heterocycles. The van der Waals surface area contributed by atoms with Crippen molar-refractivity contribution in [1.82, 2.24) is 0 Å². The van der Waals surface area contributed by atoms with Crippen molar-refractivity contribution in [2.45, 2.75) is 105 Å². The zero-order valence-corrected chi connectivity index (χ0v) is 14.5. The van der Waals surface area contributed by atoms with Gasteiger partial charge in [-0.2, -0.15) is 0 Å². The van der Waals surface area contributed by atoms with E-state index in [0.29, 0.717) is 0 Å². The Labute approximate surface area is 123 Å². The maximum atomic E-state index is 2.48. The second kappa shape index (κ2) is 13.0. The van der Waals surface area contributed by atoms with Crippen molar-refractivity contribution >= 4 is 0 Å². The SMILES string of the molecule is CCCCCC(CCC)CCC(C)C(C)CCCC. The fourth-order valence-corrected chi connectivity index (χ4v) is 3.12. The van der Waals surface area contributed by atoms with Crippen molar-refractivity contribution in [3.63, 3.8) is 0 Å². The molecule has 0 rings (SSSR count). The zero-order valence-electron chi connectivity index (χ0n) is 14.5. The number of hydrogen-bond acceptors (Lipinski definition) is 0. The maximum Gasteiger partial charge on any atom is -0.0414 e. The first-order valence-electron chi connectivity index (χ1n) is 9.15. The first-order chi connectivity index (χ1) is 9.15. The molecule has 0 aliphatic rings. The molecule has 0 spiro atoms. The molecule has 3 unspecified atom stereocenters. The van der Waals surface area contributed by atoms with E-state index in [4.69, 9.17) is 0 Å². The first-order valence-corrected chi connectivity index (χ1v) is 9.15. The van der Waals surface area contributed by atoms with Gasteiger partial charge in [0, 0.05) is 0 Å². The van der Waals surface area contributed by atoms with Crippen molar-refractivity contribution in [3.8, 4) is 0 Å². The van der Waals surface area contributed by atoms with Crippen LogP contribution in [0, 0.1) is 17.8 Å². The van der Waals surface area contributed by atoms with E-state index in [9.17, 15) is 0 Å². The van der Waals surface area contributed by atoms with Crippen LogP contribution in [0.2, 0.25) is 0 Å². The van der Waals surface area contributed by atoms with Gasteiger partial charge in [-0.25, -0.2) is 0 Å². The minimum Gasteiger partial charge on any atom is -0.0654 e. The standard InChI is InChI=1S/C19H40/c1-6-9-11-14-19(12-8-3)16-15-18(5)17(4)13-10-7-2/h17-19H,6-16H2,1-5H3. The largest absolute Gasteiger partial charge is 0.0654 e. The Bertz CT molecular complexity index is 173. The van der Waals surface area contributed by atoms with Crippen molar-refractivity contribution in [1.29, 1.82) is 0 Å². The first kappa shape index (κ1) is 19.0. The van der Waals surface area contributed by atoms with E-state index in [-0.39, 0.29) is 0 Å². The normalized spacial score (nSPS) is 16.3. The highest BCUT2D eigenvalue weighted by atomic mass is 14.2. The third kappa shape index (κ3) is 10.4. The van der Waals surface area contributed by atoms with Crippen molar-refractivity contribution in [2.24, 2.45) is 17.8 Å². The minimum atomic E-state index is 0.928. The summed E-state index contributed by atoms with van der Waals surface area (Å²) in [4.78, 5) is 0. The van der Waals surface area contributed by atoms with Crippen LogP contribution in [0.1, 0.15) is 105 Å². The Balaban J connectivity index is 3.87. The molecule has 0 bridgehead atoms. The van der Waals surface area contributed by atoms with E-state index in [1.807, 2.05) is 0 Å². The molecule has 0 aromatic heterocycles. The molecule has 0 aromatic carbocycles. The topological polar surface area (TPSA) is 0 Å². The second-order valence-corrected chi connectivity index (χ2v) is 6.82. The quantitative estimate of drug-likeness (QED) is 0.309. The summed E-state index contributed by atoms with van der Waals surface area (Å²) in [6.07, 6.45) is 15.7. The molecular weight excluding hydrogens is 228 g/mol. The van der Waals surface area contributed by atoms with Crippen LogP contribution in [-0.2, 0) is 0 Å². The third-order valence-electron chi connectivity index (χ3n) is 4.93. The molecule has 3 atom stereocenters. The highest BCUT2D eigenvalue weighted by Gasteiger charge is 2.14.